The third kappa shape index (κ3) is 4.49. The molecule has 0 saturated heterocycles. The quantitative estimate of drug-likeness (QED) is 0.873. The van der Waals surface area contributed by atoms with Gasteiger partial charge in [0.05, 0.1) is 10.5 Å². The Bertz CT molecular complexity index is 545. The normalized spacial score (nSPS) is 12.4. The van der Waals surface area contributed by atoms with Crippen molar-refractivity contribution in [3.05, 3.63) is 29.3 Å². The maximum absolute atomic E-state index is 12.0. The van der Waals surface area contributed by atoms with Crippen molar-refractivity contribution in [1.82, 2.24) is 0 Å². The molecule has 0 spiro atoms. The lowest BCUT2D eigenvalue weighted by atomic mass is 10.1. The molecule has 0 aliphatic rings. The van der Waals surface area contributed by atoms with Crippen molar-refractivity contribution in [3.8, 4) is 5.75 Å². The average molecular weight is 299 g/mol. The predicted molar refractivity (Wildman–Crippen MR) is 83.0 cm³/mol. The van der Waals surface area contributed by atoms with E-state index in [1.807, 2.05) is 25.1 Å². The Morgan fingerprint density at radius 2 is 1.90 bits per heavy atom. The number of rotatable bonds is 6. The molecular weight excluding hydrogens is 274 g/mol. The lowest BCUT2D eigenvalue weighted by Crippen LogP contribution is -2.32. The van der Waals surface area contributed by atoms with Gasteiger partial charge in [0.25, 0.3) is 0 Å². The highest BCUT2D eigenvalue weighted by Crippen LogP contribution is 2.21. The Morgan fingerprint density at radius 3 is 2.45 bits per heavy atom. The maximum atomic E-state index is 12.0. The van der Waals surface area contributed by atoms with E-state index in [2.05, 4.69) is 0 Å². The first-order valence-corrected chi connectivity index (χ1v) is 8.47. The summed E-state index contributed by atoms with van der Waals surface area (Å²) >= 11 is 0. The Balaban J connectivity index is 2.72. The van der Waals surface area contributed by atoms with Crippen LogP contribution in [0, 0.1) is 6.92 Å². The molecule has 0 saturated carbocycles. The minimum atomic E-state index is -3.15. The summed E-state index contributed by atoms with van der Waals surface area (Å²) in [5.41, 5.74) is 7.75. The van der Waals surface area contributed by atoms with Crippen LogP contribution in [0.1, 0.15) is 31.9 Å². The van der Waals surface area contributed by atoms with Crippen molar-refractivity contribution >= 4 is 9.84 Å². The van der Waals surface area contributed by atoms with Gasteiger partial charge in [0, 0.05) is 0 Å². The van der Waals surface area contributed by atoms with E-state index in [-0.39, 0.29) is 12.4 Å². The lowest BCUT2D eigenvalue weighted by Gasteiger charge is -2.19. The van der Waals surface area contributed by atoms with Crippen molar-refractivity contribution < 1.29 is 13.2 Å². The second-order valence-corrected chi connectivity index (χ2v) is 8.79. The average Bonchev–Trinajstić information content (AvgIpc) is 2.30. The summed E-state index contributed by atoms with van der Waals surface area (Å²) < 4.78 is 28.9. The molecular formula is C15H25NO3S. The topological polar surface area (TPSA) is 69.4 Å². The minimum Gasteiger partial charge on any atom is -0.492 e. The summed E-state index contributed by atoms with van der Waals surface area (Å²) in [6.07, 6.45) is 0.725. The molecule has 0 unspecified atom stereocenters. The molecule has 0 fully saturated rings. The molecule has 0 radical (unpaired) electrons. The van der Waals surface area contributed by atoms with Gasteiger partial charge in [-0.1, -0.05) is 17.7 Å². The van der Waals surface area contributed by atoms with Crippen LogP contribution in [0.4, 0.5) is 0 Å². The Labute approximate surface area is 122 Å². The molecule has 1 rings (SSSR count). The van der Waals surface area contributed by atoms with Crippen molar-refractivity contribution in [2.45, 2.75) is 38.9 Å². The van der Waals surface area contributed by atoms with Gasteiger partial charge in [0.1, 0.15) is 12.4 Å². The highest BCUT2D eigenvalue weighted by Gasteiger charge is 2.28. The molecule has 0 bridgehead atoms. The van der Waals surface area contributed by atoms with Gasteiger partial charge in [-0.2, -0.15) is 0 Å². The summed E-state index contributed by atoms with van der Waals surface area (Å²) in [6, 6.07) is 5.86. The zero-order valence-corrected chi connectivity index (χ0v) is 13.6. The molecule has 4 nitrogen and oxygen atoms in total. The third-order valence-electron chi connectivity index (χ3n) is 3.17. The molecule has 0 aliphatic carbocycles. The van der Waals surface area contributed by atoms with Crippen LogP contribution in [-0.4, -0.2) is 32.1 Å². The van der Waals surface area contributed by atoms with E-state index >= 15 is 0 Å². The van der Waals surface area contributed by atoms with E-state index in [4.69, 9.17) is 10.5 Å². The molecule has 1 aromatic carbocycles. The highest BCUT2D eigenvalue weighted by atomic mass is 32.2. The first-order valence-electron chi connectivity index (χ1n) is 6.82. The Morgan fingerprint density at radius 1 is 1.25 bits per heavy atom. The van der Waals surface area contributed by atoms with E-state index in [0.29, 0.717) is 6.54 Å². The van der Waals surface area contributed by atoms with Gasteiger partial charge in [-0.05, 0) is 52.3 Å². The Kier molecular flexibility index (Phi) is 5.59. The summed E-state index contributed by atoms with van der Waals surface area (Å²) in [7, 11) is -3.15. The fourth-order valence-electron chi connectivity index (χ4n) is 1.77. The summed E-state index contributed by atoms with van der Waals surface area (Å²) in [5.74, 6) is 0.747. The first-order chi connectivity index (χ1) is 9.17. The van der Waals surface area contributed by atoms with Crippen LogP contribution in [0.3, 0.4) is 0 Å². The minimum absolute atomic E-state index is 0.0203. The van der Waals surface area contributed by atoms with Crippen LogP contribution in [0.2, 0.25) is 0 Å². The number of ether oxygens (including phenoxy) is 1. The lowest BCUT2D eigenvalue weighted by molar-refractivity contribution is 0.336. The fraction of sp³-hybridized carbons (Fsp3) is 0.600. The van der Waals surface area contributed by atoms with Crippen LogP contribution >= 0.6 is 0 Å². The number of hydrogen-bond donors (Lipinski definition) is 1. The maximum Gasteiger partial charge on any atom is 0.158 e. The van der Waals surface area contributed by atoms with Crippen LogP contribution in [0.25, 0.3) is 0 Å². The van der Waals surface area contributed by atoms with Gasteiger partial charge in [-0.25, -0.2) is 8.42 Å². The molecule has 20 heavy (non-hydrogen) atoms. The molecule has 0 amide bonds. The number of hydrogen-bond acceptors (Lipinski definition) is 4. The number of aryl methyl sites for hydroxylation is 1. The Hall–Kier alpha value is -1.07. The van der Waals surface area contributed by atoms with Crippen molar-refractivity contribution in [3.63, 3.8) is 0 Å². The molecule has 2 N–H and O–H groups in total. The fourth-order valence-corrected chi connectivity index (χ4v) is 2.68. The number of sulfone groups is 1. The summed E-state index contributed by atoms with van der Waals surface area (Å²) in [6.45, 7) is 7.82. The van der Waals surface area contributed by atoms with E-state index in [1.54, 1.807) is 20.8 Å². The third-order valence-corrected chi connectivity index (χ3v) is 5.74. The smallest absolute Gasteiger partial charge is 0.158 e. The monoisotopic (exact) mass is 299 g/mol. The number of nitrogens with two attached hydrogens (primary N) is 1. The van der Waals surface area contributed by atoms with Crippen LogP contribution in [0.15, 0.2) is 18.2 Å². The molecule has 1 aromatic rings. The van der Waals surface area contributed by atoms with Gasteiger partial charge in [0.2, 0.25) is 0 Å². The summed E-state index contributed by atoms with van der Waals surface area (Å²) in [4.78, 5) is 0. The van der Waals surface area contributed by atoms with E-state index in [1.165, 1.54) is 0 Å². The SMILES string of the molecule is Cc1ccc(OCCS(=O)(=O)C(C)(C)C)c(CCN)c1. The first kappa shape index (κ1) is 17.0. The van der Waals surface area contributed by atoms with Crippen LogP contribution in [0.5, 0.6) is 5.75 Å². The van der Waals surface area contributed by atoms with Crippen LogP contribution < -0.4 is 10.5 Å². The second-order valence-electron chi connectivity index (χ2n) is 5.93. The van der Waals surface area contributed by atoms with Gasteiger partial charge in [-0.15, -0.1) is 0 Å². The van der Waals surface area contributed by atoms with Gasteiger partial charge in [0.15, 0.2) is 9.84 Å². The largest absolute Gasteiger partial charge is 0.492 e. The van der Waals surface area contributed by atoms with Crippen molar-refractivity contribution in [2.75, 3.05) is 18.9 Å². The van der Waals surface area contributed by atoms with Crippen molar-refractivity contribution in [1.29, 1.82) is 0 Å². The van der Waals surface area contributed by atoms with Gasteiger partial charge >= 0.3 is 0 Å². The second kappa shape index (κ2) is 6.59. The standard InChI is InChI=1S/C15H25NO3S/c1-12-5-6-14(13(11-12)7-8-16)19-9-10-20(17,18)15(2,3)4/h5-6,11H,7-10,16H2,1-4H3. The molecule has 0 aliphatic heterocycles. The number of benzene rings is 1. The van der Waals surface area contributed by atoms with E-state index < -0.39 is 14.6 Å². The predicted octanol–water partition coefficient (Wildman–Crippen LogP) is 2.09. The zero-order chi connectivity index (χ0) is 15.4. The van der Waals surface area contributed by atoms with E-state index in [9.17, 15) is 8.42 Å². The summed E-state index contributed by atoms with van der Waals surface area (Å²) in [5, 5.41) is 0. The highest BCUT2D eigenvalue weighted by molar-refractivity contribution is 7.92. The molecule has 0 atom stereocenters. The van der Waals surface area contributed by atoms with Crippen LogP contribution in [-0.2, 0) is 16.3 Å². The van der Waals surface area contributed by atoms with E-state index in [0.717, 1.165) is 23.3 Å². The zero-order valence-electron chi connectivity index (χ0n) is 12.8. The van der Waals surface area contributed by atoms with Gasteiger partial charge in [-0.3, -0.25) is 0 Å². The molecule has 0 aromatic heterocycles. The molecule has 114 valence electrons. The van der Waals surface area contributed by atoms with Crippen molar-refractivity contribution in [2.24, 2.45) is 5.73 Å². The van der Waals surface area contributed by atoms with Gasteiger partial charge < -0.3 is 10.5 Å². The molecule has 0 heterocycles. The molecule has 5 heteroatoms.